The highest BCUT2D eigenvalue weighted by Gasteiger charge is 2.31. The van der Waals surface area contributed by atoms with Gasteiger partial charge in [0.2, 0.25) is 0 Å². The third-order valence-corrected chi connectivity index (χ3v) is 4.54. The Morgan fingerprint density at radius 3 is 2.85 bits per heavy atom. The molecule has 1 aromatic rings. The van der Waals surface area contributed by atoms with E-state index < -0.39 is 24.5 Å². The Morgan fingerprint density at radius 2 is 2.25 bits per heavy atom. The number of carboxylic acid groups (broad SMARTS) is 1. The average Bonchev–Trinajstić information content (AvgIpc) is 2.78. The van der Waals surface area contributed by atoms with E-state index in [-0.39, 0.29) is 6.54 Å². The van der Waals surface area contributed by atoms with Crippen LogP contribution >= 0.6 is 11.3 Å². The fraction of sp³-hybridized carbons (Fsp3) is 0.667. The molecule has 1 aliphatic carbocycles. The van der Waals surface area contributed by atoms with E-state index in [1.807, 2.05) is 0 Å². The van der Waals surface area contributed by atoms with Crippen molar-refractivity contribution >= 4 is 22.4 Å². The number of nitrogens with zero attached hydrogens (tertiary/aromatic N) is 2. The molecular formula is C12H15F3N2O2S. The van der Waals surface area contributed by atoms with Crippen molar-refractivity contribution < 1.29 is 23.1 Å². The first-order chi connectivity index (χ1) is 9.28. The zero-order valence-electron chi connectivity index (χ0n) is 10.9. The molecule has 0 aromatic carbocycles. The molecule has 0 amide bonds. The number of hydrogen-bond donors (Lipinski definition) is 1. The molecule has 0 bridgehead atoms. The molecular weight excluding hydrogens is 293 g/mol. The molecule has 1 unspecified atom stereocenters. The normalized spacial score (nSPS) is 18.7. The Bertz CT molecular complexity index is 501. The molecule has 0 saturated carbocycles. The number of halogens is 3. The maximum atomic E-state index is 12.2. The van der Waals surface area contributed by atoms with E-state index in [2.05, 4.69) is 4.98 Å². The molecule has 20 heavy (non-hydrogen) atoms. The van der Waals surface area contributed by atoms with Gasteiger partial charge in [-0.15, -0.1) is 11.3 Å². The Balaban J connectivity index is 2.13. The van der Waals surface area contributed by atoms with Crippen LogP contribution in [0.5, 0.6) is 0 Å². The van der Waals surface area contributed by atoms with E-state index in [0.717, 1.165) is 17.7 Å². The van der Waals surface area contributed by atoms with Gasteiger partial charge in [-0.05, 0) is 19.3 Å². The topological polar surface area (TPSA) is 53.4 Å². The lowest BCUT2D eigenvalue weighted by molar-refractivity contribution is -0.139. The molecule has 112 valence electrons. The number of anilines is 1. The number of carboxylic acids is 1. The summed E-state index contributed by atoms with van der Waals surface area (Å²) in [5.41, 5.74) is 0.530. The smallest absolute Gasteiger partial charge is 0.390 e. The number of aliphatic carboxylic acids is 1. The summed E-state index contributed by atoms with van der Waals surface area (Å²) in [6.45, 7) is -0.173. The predicted molar refractivity (Wildman–Crippen MR) is 69.4 cm³/mol. The van der Waals surface area contributed by atoms with Gasteiger partial charge in [0.25, 0.3) is 0 Å². The zero-order valence-corrected chi connectivity index (χ0v) is 11.7. The summed E-state index contributed by atoms with van der Waals surface area (Å²) >= 11 is 1.30. The molecule has 1 aliphatic rings. The Morgan fingerprint density at radius 1 is 1.55 bits per heavy atom. The number of alkyl halides is 3. The van der Waals surface area contributed by atoms with Gasteiger partial charge in [-0.3, -0.25) is 4.79 Å². The van der Waals surface area contributed by atoms with Gasteiger partial charge in [0.05, 0.1) is 12.1 Å². The molecule has 1 atom stereocenters. The summed E-state index contributed by atoms with van der Waals surface area (Å²) in [6.07, 6.45) is -3.04. The second kappa shape index (κ2) is 5.59. The second-order valence-electron chi connectivity index (χ2n) is 4.87. The van der Waals surface area contributed by atoms with Crippen LogP contribution in [0, 0.1) is 0 Å². The highest BCUT2D eigenvalue weighted by Crippen LogP contribution is 2.38. The highest BCUT2D eigenvalue weighted by atomic mass is 32.1. The highest BCUT2D eigenvalue weighted by molar-refractivity contribution is 7.15. The van der Waals surface area contributed by atoms with Crippen molar-refractivity contribution in [3.63, 3.8) is 0 Å². The van der Waals surface area contributed by atoms with E-state index in [1.165, 1.54) is 16.2 Å². The maximum Gasteiger partial charge on any atom is 0.390 e. The van der Waals surface area contributed by atoms with Gasteiger partial charge in [-0.1, -0.05) is 0 Å². The van der Waals surface area contributed by atoms with E-state index in [0.29, 0.717) is 17.2 Å². The summed E-state index contributed by atoms with van der Waals surface area (Å²) in [7, 11) is 1.55. The van der Waals surface area contributed by atoms with Gasteiger partial charge in [0.15, 0.2) is 5.13 Å². The predicted octanol–water partition coefficient (Wildman–Crippen LogP) is 3.04. The van der Waals surface area contributed by atoms with Gasteiger partial charge in [0, 0.05) is 18.5 Å². The first-order valence-corrected chi connectivity index (χ1v) is 7.10. The molecule has 0 aliphatic heterocycles. The number of carbonyl (C=O) groups is 1. The molecule has 2 rings (SSSR count). The minimum atomic E-state index is -4.20. The SMILES string of the molecule is CN(CCC(F)(F)F)c1nc2c(s1)CCCC2C(=O)O. The molecule has 1 heterocycles. The quantitative estimate of drug-likeness (QED) is 0.929. The van der Waals surface area contributed by atoms with Crippen molar-refractivity contribution in [1.29, 1.82) is 0 Å². The van der Waals surface area contributed by atoms with Crippen LogP contribution in [0.3, 0.4) is 0 Å². The summed E-state index contributed by atoms with van der Waals surface area (Å²) < 4.78 is 36.6. The largest absolute Gasteiger partial charge is 0.481 e. The van der Waals surface area contributed by atoms with Gasteiger partial charge in [-0.2, -0.15) is 13.2 Å². The molecule has 0 saturated heterocycles. The maximum absolute atomic E-state index is 12.2. The summed E-state index contributed by atoms with van der Waals surface area (Å²) in [5, 5.41) is 9.61. The van der Waals surface area contributed by atoms with Crippen molar-refractivity contribution in [2.24, 2.45) is 0 Å². The minimum absolute atomic E-state index is 0.173. The summed E-state index contributed by atoms with van der Waals surface area (Å²) in [5.74, 6) is -1.54. The van der Waals surface area contributed by atoms with Gasteiger partial charge in [0.1, 0.15) is 5.92 Å². The van der Waals surface area contributed by atoms with Gasteiger partial charge in [-0.25, -0.2) is 4.98 Å². The molecule has 0 radical (unpaired) electrons. The monoisotopic (exact) mass is 308 g/mol. The summed E-state index contributed by atoms with van der Waals surface area (Å²) in [4.78, 5) is 17.7. The van der Waals surface area contributed by atoms with E-state index in [9.17, 15) is 18.0 Å². The Kier molecular flexibility index (Phi) is 4.22. The van der Waals surface area contributed by atoms with Crippen molar-refractivity contribution in [3.8, 4) is 0 Å². The van der Waals surface area contributed by atoms with E-state index in [4.69, 9.17) is 5.11 Å². The van der Waals surface area contributed by atoms with E-state index >= 15 is 0 Å². The standard InChI is InChI=1S/C12H15F3N2O2S/c1-17(6-5-12(13,14)15)11-16-9-7(10(18)19)3-2-4-8(9)20-11/h7H,2-6H2,1H3,(H,18,19). The van der Waals surface area contributed by atoms with Crippen LogP contribution in [0.25, 0.3) is 0 Å². The minimum Gasteiger partial charge on any atom is -0.481 e. The van der Waals surface area contributed by atoms with Crippen LogP contribution < -0.4 is 4.90 Å². The lowest BCUT2D eigenvalue weighted by atomic mass is 9.91. The number of hydrogen-bond acceptors (Lipinski definition) is 4. The van der Waals surface area contributed by atoms with Crippen LogP contribution in [-0.2, 0) is 11.2 Å². The number of thiazole rings is 1. The van der Waals surface area contributed by atoms with Crippen LogP contribution in [0.1, 0.15) is 35.8 Å². The van der Waals surface area contributed by atoms with Gasteiger partial charge < -0.3 is 10.0 Å². The van der Waals surface area contributed by atoms with Crippen molar-refractivity contribution in [1.82, 2.24) is 4.98 Å². The molecule has 0 spiro atoms. The van der Waals surface area contributed by atoms with Crippen LogP contribution in [0.2, 0.25) is 0 Å². The fourth-order valence-electron chi connectivity index (χ4n) is 2.20. The lowest BCUT2D eigenvalue weighted by Crippen LogP contribution is -2.24. The summed E-state index contributed by atoms with van der Waals surface area (Å²) in [6, 6.07) is 0. The number of aryl methyl sites for hydroxylation is 1. The molecule has 4 nitrogen and oxygen atoms in total. The van der Waals surface area contributed by atoms with Crippen LogP contribution in [0.15, 0.2) is 0 Å². The number of aromatic nitrogens is 1. The lowest BCUT2D eigenvalue weighted by Gasteiger charge is -2.17. The Labute approximate surface area is 118 Å². The van der Waals surface area contributed by atoms with Gasteiger partial charge >= 0.3 is 12.1 Å². The Hall–Kier alpha value is -1.31. The van der Waals surface area contributed by atoms with Crippen LogP contribution in [-0.4, -0.2) is 35.8 Å². The van der Waals surface area contributed by atoms with E-state index in [1.54, 1.807) is 7.05 Å². The number of fused-ring (bicyclic) bond motifs is 1. The zero-order chi connectivity index (χ0) is 14.9. The fourth-order valence-corrected chi connectivity index (χ4v) is 3.35. The first-order valence-electron chi connectivity index (χ1n) is 6.28. The average molecular weight is 308 g/mol. The van der Waals surface area contributed by atoms with Crippen molar-refractivity contribution in [3.05, 3.63) is 10.6 Å². The molecule has 1 aromatic heterocycles. The molecule has 8 heteroatoms. The number of rotatable bonds is 4. The van der Waals surface area contributed by atoms with Crippen molar-refractivity contribution in [2.75, 3.05) is 18.5 Å². The van der Waals surface area contributed by atoms with Crippen molar-refractivity contribution in [2.45, 2.75) is 37.8 Å². The molecule has 1 N–H and O–H groups in total. The van der Waals surface area contributed by atoms with Crippen LogP contribution in [0.4, 0.5) is 18.3 Å². The molecule has 0 fully saturated rings. The third-order valence-electron chi connectivity index (χ3n) is 3.30. The second-order valence-corrected chi connectivity index (χ2v) is 5.94. The first kappa shape index (κ1) is 15.1. The third kappa shape index (κ3) is 3.41.